The fourth-order valence-electron chi connectivity index (χ4n) is 2.95. The minimum atomic E-state index is 0.264. The molecule has 2 heteroatoms. The van der Waals surface area contributed by atoms with Crippen LogP contribution in [0.4, 0.5) is 0 Å². The summed E-state index contributed by atoms with van der Waals surface area (Å²) in [6, 6.07) is 6.82. The third kappa shape index (κ3) is 3.59. The van der Waals surface area contributed by atoms with Crippen LogP contribution in [-0.2, 0) is 11.2 Å². The van der Waals surface area contributed by atoms with E-state index in [9.17, 15) is 4.79 Å². The van der Waals surface area contributed by atoms with Gasteiger partial charge in [-0.2, -0.15) is 0 Å². The molecule has 0 aromatic heterocycles. The van der Waals surface area contributed by atoms with Gasteiger partial charge in [-0.3, -0.25) is 4.79 Å². The smallest absolute Gasteiger partial charge is 0.226 e. The quantitative estimate of drug-likeness (QED) is 0.811. The van der Waals surface area contributed by atoms with Crippen molar-refractivity contribution >= 4 is 5.91 Å². The summed E-state index contributed by atoms with van der Waals surface area (Å²) < 4.78 is 0. The van der Waals surface area contributed by atoms with Crippen molar-refractivity contribution in [2.24, 2.45) is 0 Å². The number of hydrogen-bond acceptors (Lipinski definition) is 1. The third-order valence-corrected chi connectivity index (χ3v) is 4.36. The molecule has 1 aromatic carbocycles. The van der Waals surface area contributed by atoms with Crippen molar-refractivity contribution in [2.45, 2.75) is 58.4 Å². The topological polar surface area (TPSA) is 20.3 Å². The highest BCUT2D eigenvalue weighted by Gasteiger charge is 2.22. The Kier molecular flexibility index (Phi) is 4.62. The van der Waals surface area contributed by atoms with Crippen LogP contribution in [0.15, 0.2) is 18.2 Å². The second-order valence-corrected chi connectivity index (χ2v) is 5.90. The first-order valence-electron chi connectivity index (χ1n) is 7.39. The average molecular weight is 259 g/mol. The number of likely N-dealkylation sites (N-methyl/N-ethyl adjacent to an activating group) is 1. The fraction of sp³-hybridized carbons (Fsp3) is 0.588. The molecule has 0 aliphatic heterocycles. The summed E-state index contributed by atoms with van der Waals surface area (Å²) in [7, 11) is 1.98. The Morgan fingerprint density at radius 3 is 2.58 bits per heavy atom. The monoisotopic (exact) mass is 259 g/mol. The van der Waals surface area contributed by atoms with Crippen molar-refractivity contribution in [1.29, 1.82) is 0 Å². The number of carbonyl (C=O) groups excluding carboxylic acids is 1. The maximum absolute atomic E-state index is 12.4. The largest absolute Gasteiger partial charge is 0.342 e. The molecule has 1 aromatic rings. The Hall–Kier alpha value is -1.31. The lowest BCUT2D eigenvalue weighted by molar-refractivity contribution is -0.131. The molecule has 0 N–H and O–H groups in total. The number of benzene rings is 1. The van der Waals surface area contributed by atoms with Crippen LogP contribution < -0.4 is 0 Å². The lowest BCUT2D eigenvalue weighted by Crippen LogP contribution is -2.39. The number of nitrogens with zero attached hydrogens (tertiary/aromatic N) is 1. The van der Waals surface area contributed by atoms with E-state index >= 15 is 0 Å². The summed E-state index contributed by atoms with van der Waals surface area (Å²) in [5.74, 6) is 0.264. The molecule has 19 heavy (non-hydrogen) atoms. The fourth-order valence-corrected chi connectivity index (χ4v) is 2.95. The molecule has 1 fully saturated rings. The highest BCUT2D eigenvalue weighted by atomic mass is 16.2. The van der Waals surface area contributed by atoms with Crippen LogP contribution in [0.5, 0.6) is 0 Å². The molecule has 1 aliphatic rings. The van der Waals surface area contributed by atoms with E-state index < -0.39 is 0 Å². The van der Waals surface area contributed by atoms with Crippen LogP contribution in [0.1, 0.15) is 48.8 Å². The normalized spacial score (nSPS) is 16.4. The van der Waals surface area contributed by atoms with Crippen molar-refractivity contribution in [1.82, 2.24) is 4.90 Å². The first kappa shape index (κ1) is 14.1. The number of carbonyl (C=O) groups is 1. The predicted molar refractivity (Wildman–Crippen MR) is 79.3 cm³/mol. The van der Waals surface area contributed by atoms with Crippen LogP contribution in [0.3, 0.4) is 0 Å². The van der Waals surface area contributed by atoms with Gasteiger partial charge in [0.15, 0.2) is 0 Å². The summed E-state index contributed by atoms with van der Waals surface area (Å²) in [4.78, 5) is 14.4. The number of hydrogen-bond donors (Lipinski definition) is 0. The zero-order chi connectivity index (χ0) is 13.8. The highest BCUT2D eigenvalue weighted by molar-refractivity contribution is 5.79. The molecule has 0 spiro atoms. The van der Waals surface area contributed by atoms with Gasteiger partial charge in [-0.05, 0) is 37.8 Å². The minimum absolute atomic E-state index is 0.264. The molecule has 0 atom stereocenters. The maximum atomic E-state index is 12.4. The summed E-state index contributed by atoms with van der Waals surface area (Å²) in [6.45, 7) is 4.17. The molecule has 0 heterocycles. The lowest BCUT2D eigenvalue weighted by Gasteiger charge is -2.31. The van der Waals surface area contributed by atoms with Gasteiger partial charge in [0.05, 0.1) is 6.42 Å². The van der Waals surface area contributed by atoms with Gasteiger partial charge in [-0.25, -0.2) is 0 Å². The summed E-state index contributed by atoms with van der Waals surface area (Å²) in [5, 5.41) is 0. The van der Waals surface area contributed by atoms with Gasteiger partial charge < -0.3 is 4.90 Å². The van der Waals surface area contributed by atoms with E-state index in [1.54, 1.807) is 0 Å². The molecular formula is C17H25NO. The molecule has 0 radical (unpaired) electrons. The molecule has 1 saturated carbocycles. The molecule has 1 amide bonds. The molecule has 1 aliphatic carbocycles. The molecular weight excluding hydrogens is 234 g/mol. The van der Waals surface area contributed by atoms with Gasteiger partial charge in [0, 0.05) is 13.1 Å². The van der Waals surface area contributed by atoms with Crippen LogP contribution in [0, 0.1) is 13.8 Å². The number of amides is 1. The standard InChI is InChI=1S/C17H25NO/c1-13-9-10-14(2)15(11-13)12-17(19)18(3)16-7-5-4-6-8-16/h9-11,16H,4-8,12H2,1-3H3. The zero-order valence-corrected chi connectivity index (χ0v) is 12.4. The average Bonchev–Trinajstić information content (AvgIpc) is 2.43. The van der Waals surface area contributed by atoms with E-state index in [2.05, 4.69) is 32.0 Å². The molecule has 104 valence electrons. The van der Waals surface area contributed by atoms with Crippen LogP contribution in [-0.4, -0.2) is 23.9 Å². The van der Waals surface area contributed by atoms with Crippen LogP contribution in [0.2, 0.25) is 0 Å². The SMILES string of the molecule is Cc1ccc(C)c(CC(=O)N(C)C2CCCCC2)c1. The Morgan fingerprint density at radius 1 is 1.21 bits per heavy atom. The van der Waals surface area contributed by atoms with Crippen LogP contribution in [0.25, 0.3) is 0 Å². The van der Waals surface area contributed by atoms with Crippen molar-refractivity contribution < 1.29 is 4.79 Å². The van der Waals surface area contributed by atoms with Crippen molar-refractivity contribution in [3.63, 3.8) is 0 Å². The molecule has 0 bridgehead atoms. The van der Waals surface area contributed by atoms with Gasteiger partial charge in [0.2, 0.25) is 5.91 Å². The number of aryl methyl sites for hydroxylation is 2. The Bertz CT molecular complexity index is 447. The first-order valence-corrected chi connectivity index (χ1v) is 7.39. The Labute approximate surface area is 116 Å². The van der Waals surface area contributed by atoms with E-state index in [0.29, 0.717) is 12.5 Å². The minimum Gasteiger partial charge on any atom is -0.342 e. The van der Waals surface area contributed by atoms with Crippen LogP contribution >= 0.6 is 0 Å². The van der Waals surface area contributed by atoms with Gasteiger partial charge in [0.1, 0.15) is 0 Å². The Balaban J connectivity index is 2.01. The Morgan fingerprint density at radius 2 is 1.89 bits per heavy atom. The first-order chi connectivity index (χ1) is 9.08. The second-order valence-electron chi connectivity index (χ2n) is 5.90. The summed E-state index contributed by atoms with van der Waals surface area (Å²) in [6.07, 6.45) is 6.76. The van der Waals surface area contributed by atoms with E-state index in [4.69, 9.17) is 0 Å². The highest BCUT2D eigenvalue weighted by Crippen LogP contribution is 2.22. The van der Waals surface area contributed by atoms with E-state index in [1.165, 1.54) is 48.8 Å². The maximum Gasteiger partial charge on any atom is 0.226 e. The van der Waals surface area contributed by atoms with Gasteiger partial charge in [0.25, 0.3) is 0 Å². The van der Waals surface area contributed by atoms with Crippen molar-refractivity contribution in [2.75, 3.05) is 7.05 Å². The summed E-state index contributed by atoms with van der Waals surface area (Å²) >= 11 is 0. The lowest BCUT2D eigenvalue weighted by atomic mass is 9.94. The van der Waals surface area contributed by atoms with Gasteiger partial charge >= 0.3 is 0 Å². The zero-order valence-electron chi connectivity index (χ0n) is 12.4. The molecule has 0 unspecified atom stereocenters. The van der Waals surface area contributed by atoms with Crippen molar-refractivity contribution in [3.05, 3.63) is 34.9 Å². The van der Waals surface area contributed by atoms with Gasteiger partial charge in [-0.1, -0.05) is 43.0 Å². The van der Waals surface area contributed by atoms with E-state index in [1.807, 2.05) is 11.9 Å². The van der Waals surface area contributed by atoms with Crippen molar-refractivity contribution in [3.8, 4) is 0 Å². The predicted octanol–water partition coefficient (Wildman–Crippen LogP) is 3.64. The molecule has 2 rings (SSSR count). The van der Waals surface area contributed by atoms with Gasteiger partial charge in [-0.15, -0.1) is 0 Å². The second kappa shape index (κ2) is 6.23. The van der Waals surface area contributed by atoms with E-state index in [-0.39, 0.29) is 5.91 Å². The summed E-state index contributed by atoms with van der Waals surface area (Å²) in [5.41, 5.74) is 3.62. The third-order valence-electron chi connectivity index (χ3n) is 4.36. The number of rotatable bonds is 3. The van der Waals surface area contributed by atoms with E-state index in [0.717, 1.165) is 0 Å². The molecule has 2 nitrogen and oxygen atoms in total. The molecule has 0 saturated heterocycles.